The fraction of sp³-hybridized carbons (Fsp3) is 0.271. The van der Waals surface area contributed by atoms with Gasteiger partial charge in [-0.05, 0) is 83.6 Å². The predicted molar refractivity (Wildman–Crippen MR) is 232 cm³/mol. The van der Waals surface area contributed by atoms with Crippen molar-refractivity contribution in [3.05, 3.63) is 130 Å². The first-order valence-corrected chi connectivity index (χ1v) is 20.1. The molecule has 0 N–H and O–H groups in total. The summed E-state index contributed by atoms with van der Waals surface area (Å²) in [5.41, 5.74) is 9.65. The molecule has 4 aliphatic heterocycles. The van der Waals surface area contributed by atoms with Crippen molar-refractivity contribution in [2.45, 2.75) is 57.9 Å². The maximum atomic E-state index is 14.0. The van der Waals surface area contributed by atoms with Crippen LogP contribution < -0.4 is 28.9 Å². The molecule has 0 saturated heterocycles. The van der Waals surface area contributed by atoms with Gasteiger partial charge in [-0.15, -0.1) is 0 Å². The molecule has 0 aliphatic carbocycles. The Balaban J connectivity index is 0.962. The number of benzene rings is 5. The van der Waals surface area contributed by atoms with Crippen molar-refractivity contribution in [2.24, 2.45) is 9.98 Å². The molecule has 5 aromatic carbocycles. The van der Waals surface area contributed by atoms with Crippen molar-refractivity contribution >= 4 is 58.6 Å². The highest BCUT2D eigenvalue weighted by Crippen LogP contribution is 2.42. The molecule has 0 fully saturated rings. The van der Waals surface area contributed by atoms with Gasteiger partial charge in [0.05, 0.1) is 48.8 Å². The highest BCUT2D eigenvalue weighted by atomic mass is 16.5. The maximum Gasteiger partial charge on any atom is 0.305 e. The second-order valence-electron chi connectivity index (χ2n) is 15.5. The molecule has 2 atom stereocenters. The Hall–Kier alpha value is -6.95. The molecule has 0 radical (unpaired) electrons. The van der Waals surface area contributed by atoms with Crippen molar-refractivity contribution < 1.29 is 33.3 Å². The number of nitrogens with zero attached hydrogens (tertiary/aromatic N) is 5. The minimum absolute atomic E-state index is 0.0738. The molecule has 4 aliphatic rings. The van der Waals surface area contributed by atoms with E-state index in [2.05, 4.69) is 17.0 Å². The zero-order valence-corrected chi connectivity index (χ0v) is 34.0. The summed E-state index contributed by atoms with van der Waals surface area (Å²) in [5.74, 6) is 1.05. The van der Waals surface area contributed by atoms with Crippen LogP contribution in [0.4, 0.5) is 28.4 Å². The number of amides is 2. The average Bonchev–Trinajstić information content (AvgIpc) is 3.76. The summed E-state index contributed by atoms with van der Waals surface area (Å²) in [6, 6.07) is 29.0. The Kier molecular flexibility index (Phi) is 10.3. The molecular formula is C48H45N5O7. The summed E-state index contributed by atoms with van der Waals surface area (Å²) in [4.78, 5) is 55.0. The van der Waals surface area contributed by atoms with E-state index in [1.165, 1.54) is 7.11 Å². The summed E-state index contributed by atoms with van der Waals surface area (Å²) in [7, 11) is 4.93. The summed E-state index contributed by atoms with van der Waals surface area (Å²) in [6.07, 6.45) is 6.05. The SMILES string of the molecule is COC(=O)CCCN(C)c1cc(COc2cc3c(cc2C)C(=O)N2c4ccccc4C[C@H]2C=N3)cc(COc2cc3c(cc2OC)C(=O)N2c4ccccc4C[C@H]2C=N3)c1. The normalized spacial score (nSPS) is 16.8. The third-order valence-corrected chi connectivity index (χ3v) is 11.6. The number of carbonyl (C=O) groups excluding carboxylic acids is 3. The van der Waals surface area contributed by atoms with Crippen LogP contribution in [0.15, 0.2) is 101 Å². The molecule has 304 valence electrons. The molecule has 0 saturated carbocycles. The van der Waals surface area contributed by atoms with Gasteiger partial charge in [0.15, 0.2) is 11.5 Å². The summed E-state index contributed by atoms with van der Waals surface area (Å²) >= 11 is 0. The summed E-state index contributed by atoms with van der Waals surface area (Å²) < 4.78 is 23.5. The van der Waals surface area contributed by atoms with E-state index in [1.54, 1.807) is 19.2 Å². The van der Waals surface area contributed by atoms with Gasteiger partial charge in [-0.2, -0.15) is 0 Å². The van der Waals surface area contributed by atoms with E-state index in [0.29, 0.717) is 65.6 Å². The first-order valence-electron chi connectivity index (χ1n) is 20.1. The molecule has 9 rings (SSSR count). The molecule has 0 unspecified atom stereocenters. The first-order chi connectivity index (χ1) is 29.2. The Morgan fingerprint density at radius 1 is 0.717 bits per heavy atom. The van der Waals surface area contributed by atoms with Crippen molar-refractivity contribution in [3.63, 3.8) is 0 Å². The number of esters is 1. The average molecular weight is 804 g/mol. The number of aryl methyl sites for hydroxylation is 1. The number of ether oxygens (including phenoxy) is 4. The quantitative estimate of drug-likeness (QED) is 0.116. The molecule has 2 amide bonds. The molecule has 4 heterocycles. The number of fused-ring (bicyclic) bond motifs is 8. The number of hydrogen-bond acceptors (Lipinski definition) is 10. The minimum atomic E-state index is -0.252. The highest BCUT2D eigenvalue weighted by molar-refractivity contribution is 6.15. The minimum Gasteiger partial charge on any atom is -0.493 e. The summed E-state index contributed by atoms with van der Waals surface area (Å²) in [6.45, 7) is 2.97. The van der Waals surface area contributed by atoms with Gasteiger partial charge < -0.3 is 23.8 Å². The van der Waals surface area contributed by atoms with E-state index >= 15 is 0 Å². The fourth-order valence-electron chi connectivity index (χ4n) is 8.53. The Labute approximate surface area is 348 Å². The number of aliphatic imine (C=N–C) groups is 2. The standard InChI is InChI=1S/C48H45N5O7/c1-29-16-37-39(49-25-35-20-32-10-5-7-12-41(32)52(35)47(37)55)23-43(29)59-27-30-17-31(19-34(18-30)51(2)15-9-14-46(54)58-4)28-60-45-24-40-38(22-44(45)57-3)48(56)53-36(26-50-40)21-33-11-6-8-13-42(33)53/h5-8,10-13,16-19,22-26,35-36H,9,14-15,20-21,27-28H2,1-4H3/t35-,36-/m0/s1. The van der Waals surface area contributed by atoms with Crippen molar-refractivity contribution in [2.75, 3.05) is 42.5 Å². The van der Waals surface area contributed by atoms with Crippen LogP contribution in [0.1, 0.15) is 61.4 Å². The lowest BCUT2D eigenvalue weighted by Crippen LogP contribution is -2.37. The second kappa shape index (κ2) is 16.0. The van der Waals surface area contributed by atoms with Crippen LogP contribution in [0.25, 0.3) is 0 Å². The lowest BCUT2D eigenvalue weighted by Gasteiger charge is -2.23. The Morgan fingerprint density at radius 3 is 1.85 bits per heavy atom. The largest absolute Gasteiger partial charge is 0.493 e. The Bertz CT molecular complexity index is 2600. The van der Waals surface area contributed by atoms with Gasteiger partial charge in [0.25, 0.3) is 11.8 Å². The lowest BCUT2D eigenvalue weighted by atomic mass is 10.1. The number of anilines is 3. The molecule has 0 bridgehead atoms. The van der Waals surface area contributed by atoms with Gasteiger partial charge in [0, 0.05) is 74.5 Å². The van der Waals surface area contributed by atoms with Gasteiger partial charge in [-0.1, -0.05) is 36.4 Å². The highest BCUT2D eigenvalue weighted by Gasteiger charge is 2.38. The van der Waals surface area contributed by atoms with E-state index in [0.717, 1.165) is 51.3 Å². The molecule has 12 heteroatoms. The van der Waals surface area contributed by atoms with Gasteiger partial charge in [0.2, 0.25) is 0 Å². The fourth-order valence-corrected chi connectivity index (χ4v) is 8.53. The monoisotopic (exact) mass is 803 g/mol. The summed E-state index contributed by atoms with van der Waals surface area (Å²) in [5, 5.41) is 0. The number of rotatable bonds is 12. The van der Waals surface area contributed by atoms with E-state index in [4.69, 9.17) is 28.9 Å². The van der Waals surface area contributed by atoms with Crippen LogP contribution in [0.2, 0.25) is 0 Å². The van der Waals surface area contributed by atoms with E-state index in [-0.39, 0.29) is 43.1 Å². The Morgan fingerprint density at radius 2 is 1.27 bits per heavy atom. The van der Waals surface area contributed by atoms with Crippen LogP contribution in [-0.2, 0) is 35.6 Å². The first kappa shape index (κ1) is 38.6. The van der Waals surface area contributed by atoms with E-state index in [1.807, 2.05) is 103 Å². The zero-order valence-electron chi connectivity index (χ0n) is 34.0. The number of para-hydroxylation sites is 2. The van der Waals surface area contributed by atoms with Gasteiger partial charge in [-0.25, -0.2) is 0 Å². The number of hydrogen-bond donors (Lipinski definition) is 0. The van der Waals surface area contributed by atoms with Gasteiger partial charge >= 0.3 is 5.97 Å². The van der Waals surface area contributed by atoms with Crippen molar-refractivity contribution in [1.82, 2.24) is 0 Å². The molecule has 5 aromatic rings. The van der Waals surface area contributed by atoms with Crippen LogP contribution >= 0.6 is 0 Å². The molecular weight excluding hydrogens is 759 g/mol. The zero-order chi connectivity index (χ0) is 41.5. The number of methoxy groups -OCH3 is 2. The molecule has 12 nitrogen and oxygen atoms in total. The topological polar surface area (TPSA) is 123 Å². The van der Waals surface area contributed by atoms with E-state index in [9.17, 15) is 14.4 Å². The van der Waals surface area contributed by atoms with Gasteiger partial charge in [0.1, 0.15) is 19.0 Å². The van der Waals surface area contributed by atoms with Crippen molar-refractivity contribution in [3.8, 4) is 17.2 Å². The third kappa shape index (κ3) is 7.22. The molecule has 60 heavy (non-hydrogen) atoms. The van der Waals surface area contributed by atoms with E-state index < -0.39 is 0 Å². The molecule has 0 aromatic heterocycles. The second-order valence-corrected chi connectivity index (χ2v) is 15.5. The van der Waals surface area contributed by atoms with Gasteiger partial charge in [-0.3, -0.25) is 34.2 Å². The number of carbonyl (C=O) groups is 3. The lowest BCUT2D eigenvalue weighted by molar-refractivity contribution is -0.140. The van der Waals surface area contributed by atoms with Crippen LogP contribution in [0.3, 0.4) is 0 Å². The van der Waals surface area contributed by atoms with Crippen LogP contribution in [0.5, 0.6) is 17.2 Å². The van der Waals surface area contributed by atoms with Crippen molar-refractivity contribution in [1.29, 1.82) is 0 Å². The predicted octanol–water partition coefficient (Wildman–Crippen LogP) is 8.13. The maximum absolute atomic E-state index is 14.0. The van der Waals surface area contributed by atoms with Crippen LogP contribution in [-0.4, -0.2) is 70.1 Å². The smallest absolute Gasteiger partial charge is 0.305 e. The molecule has 0 spiro atoms. The van der Waals surface area contributed by atoms with Crippen LogP contribution in [0, 0.1) is 6.92 Å². The third-order valence-electron chi connectivity index (χ3n) is 11.6.